The molecule has 35 heavy (non-hydrogen) atoms. The van der Waals surface area contributed by atoms with Crippen molar-refractivity contribution in [1.29, 1.82) is 0 Å². The van der Waals surface area contributed by atoms with E-state index in [1.807, 2.05) is 30.3 Å². The van der Waals surface area contributed by atoms with Crippen molar-refractivity contribution in [2.45, 2.75) is 11.8 Å². The summed E-state index contributed by atoms with van der Waals surface area (Å²) in [5, 5.41) is 4.17. The van der Waals surface area contributed by atoms with Crippen LogP contribution in [0.1, 0.15) is 5.82 Å². The number of benzene rings is 3. The van der Waals surface area contributed by atoms with E-state index in [1.165, 1.54) is 0 Å². The molecule has 8 nitrogen and oxygen atoms in total. The maximum Gasteiger partial charge on any atom is 0.261 e. The lowest BCUT2D eigenvalue weighted by molar-refractivity contribution is 0.459. The lowest BCUT2D eigenvalue weighted by Gasteiger charge is -2.11. The molecule has 0 fully saturated rings. The van der Waals surface area contributed by atoms with Gasteiger partial charge in [-0.05, 0) is 60.5 Å². The molecule has 5 rings (SSSR count). The molecule has 0 spiro atoms. The third-order valence-electron chi connectivity index (χ3n) is 5.14. The van der Waals surface area contributed by atoms with Crippen molar-refractivity contribution in [2.75, 3.05) is 4.72 Å². The Bertz CT molecular complexity index is 1540. The summed E-state index contributed by atoms with van der Waals surface area (Å²) in [6.07, 6.45) is 3.44. The van der Waals surface area contributed by atoms with E-state index in [0.717, 1.165) is 11.1 Å². The number of aryl methyl sites for hydroxylation is 1. The van der Waals surface area contributed by atoms with Crippen molar-refractivity contribution < 1.29 is 13.2 Å². The summed E-state index contributed by atoms with van der Waals surface area (Å²) < 4.78 is 35.8. The lowest BCUT2D eigenvalue weighted by atomic mass is 10.1. The Balaban J connectivity index is 1.29. The van der Waals surface area contributed by atoms with Gasteiger partial charge in [-0.2, -0.15) is 10.1 Å². The minimum atomic E-state index is -3.74. The van der Waals surface area contributed by atoms with Gasteiger partial charge in [-0.25, -0.2) is 18.1 Å². The Morgan fingerprint density at radius 3 is 2.23 bits per heavy atom. The number of ether oxygens (including phenoxy) is 1. The summed E-state index contributed by atoms with van der Waals surface area (Å²) >= 11 is 0. The Hall–Kier alpha value is -4.50. The van der Waals surface area contributed by atoms with Crippen LogP contribution >= 0.6 is 0 Å². The Morgan fingerprint density at radius 1 is 0.829 bits per heavy atom. The predicted octanol–water partition coefficient (Wildman–Crippen LogP) is 5.23. The molecular weight excluding hydrogens is 462 g/mol. The highest BCUT2D eigenvalue weighted by molar-refractivity contribution is 7.92. The molecule has 1 N–H and O–H groups in total. The second kappa shape index (κ2) is 9.40. The molecule has 3 aromatic carbocycles. The quantitative estimate of drug-likeness (QED) is 0.340. The average Bonchev–Trinajstić information content (AvgIpc) is 3.41. The highest BCUT2D eigenvalue weighted by Gasteiger charge is 2.15. The minimum Gasteiger partial charge on any atom is -0.439 e. The van der Waals surface area contributed by atoms with E-state index in [2.05, 4.69) is 19.8 Å². The van der Waals surface area contributed by atoms with E-state index in [4.69, 9.17) is 4.74 Å². The van der Waals surface area contributed by atoms with Crippen molar-refractivity contribution in [3.8, 4) is 28.6 Å². The molecule has 0 aliphatic heterocycles. The fourth-order valence-electron chi connectivity index (χ4n) is 3.48. The third kappa shape index (κ3) is 5.20. The van der Waals surface area contributed by atoms with Crippen LogP contribution in [0.5, 0.6) is 11.6 Å². The lowest BCUT2D eigenvalue weighted by Crippen LogP contribution is -2.12. The molecule has 9 heteroatoms. The van der Waals surface area contributed by atoms with Gasteiger partial charge in [-0.1, -0.05) is 42.5 Å². The van der Waals surface area contributed by atoms with Crippen LogP contribution in [-0.4, -0.2) is 28.2 Å². The number of aromatic nitrogens is 4. The van der Waals surface area contributed by atoms with Crippen LogP contribution in [0.4, 0.5) is 5.69 Å². The molecule has 0 aliphatic carbocycles. The van der Waals surface area contributed by atoms with Gasteiger partial charge < -0.3 is 4.74 Å². The largest absolute Gasteiger partial charge is 0.439 e. The predicted molar refractivity (Wildman–Crippen MR) is 133 cm³/mol. The van der Waals surface area contributed by atoms with Crippen LogP contribution in [0.3, 0.4) is 0 Å². The van der Waals surface area contributed by atoms with Crippen LogP contribution in [0.15, 0.2) is 108 Å². The van der Waals surface area contributed by atoms with Crippen molar-refractivity contribution in [1.82, 2.24) is 19.7 Å². The first kappa shape index (κ1) is 22.3. The minimum absolute atomic E-state index is 0.181. The van der Waals surface area contributed by atoms with Gasteiger partial charge in [0.1, 0.15) is 11.6 Å². The number of nitrogens with one attached hydrogen (secondary N) is 1. The van der Waals surface area contributed by atoms with E-state index in [-0.39, 0.29) is 4.90 Å². The van der Waals surface area contributed by atoms with E-state index < -0.39 is 10.0 Å². The van der Waals surface area contributed by atoms with Gasteiger partial charge in [0.2, 0.25) is 5.88 Å². The van der Waals surface area contributed by atoms with Crippen molar-refractivity contribution in [3.05, 3.63) is 109 Å². The molecular formula is C26H21N5O3S. The van der Waals surface area contributed by atoms with Gasteiger partial charge in [0.05, 0.1) is 4.90 Å². The maximum atomic E-state index is 12.8. The first-order valence-electron chi connectivity index (χ1n) is 10.8. The first-order valence-corrected chi connectivity index (χ1v) is 12.3. The molecule has 2 aromatic heterocycles. The normalized spacial score (nSPS) is 11.2. The Morgan fingerprint density at radius 2 is 1.54 bits per heavy atom. The highest BCUT2D eigenvalue weighted by Crippen LogP contribution is 2.25. The summed E-state index contributed by atoms with van der Waals surface area (Å²) in [6.45, 7) is 1.77. The number of anilines is 1. The number of rotatable bonds is 7. The standard InChI is InChI=1S/C26H21N5O3S/c1-19-28-25(31-17-5-16-27-31)18-26(29-19)34-23-12-10-22(11-13-23)30-35(32,33)24-14-8-21(9-15-24)20-6-3-2-4-7-20/h2-18,30H,1H3. The zero-order valence-corrected chi connectivity index (χ0v) is 19.6. The molecule has 174 valence electrons. The van der Waals surface area contributed by atoms with E-state index in [0.29, 0.717) is 29.0 Å². The molecule has 0 aliphatic rings. The van der Waals surface area contributed by atoms with Crippen molar-refractivity contribution in [3.63, 3.8) is 0 Å². The smallest absolute Gasteiger partial charge is 0.261 e. The Kier molecular flexibility index (Phi) is 5.99. The molecule has 5 aromatic rings. The van der Waals surface area contributed by atoms with Gasteiger partial charge in [-0.15, -0.1) is 0 Å². The van der Waals surface area contributed by atoms with Gasteiger partial charge >= 0.3 is 0 Å². The first-order chi connectivity index (χ1) is 17.0. The van der Waals surface area contributed by atoms with Gasteiger partial charge in [0.15, 0.2) is 5.82 Å². The van der Waals surface area contributed by atoms with E-state index in [1.54, 1.807) is 84.7 Å². The third-order valence-corrected chi connectivity index (χ3v) is 6.54. The number of nitrogens with zero attached hydrogens (tertiary/aromatic N) is 4. The van der Waals surface area contributed by atoms with Crippen molar-refractivity contribution >= 4 is 15.7 Å². The second-order valence-electron chi connectivity index (χ2n) is 7.68. The second-order valence-corrected chi connectivity index (χ2v) is 9.37. The molecule has 0 radical (unpaired) electrons. The van der Waals surface area contributed by atoms with E-state index in [9.17, 15) is 8.42 Å². The van der Waals surface area contributed by atoms with Crippen LogP contribution in [0, 0.1) is 6.92 Å². The molecule has 0 bridgehead atoms. The highest BCUT2D eigenvalue weighted by atomic mass is 32.2. The SMILES string of the molecule is Cc1nc(Oc2ccc(NS(=O)(=O)c3ccc(-c4ccccc4)cc3)cc2)cc(-n2cccn2)n1. The maximum absolute atomic E-state index is 12.8. The number of hydrogen-bond donors (Lipinski definition) is 1. The fraction of sp³-hybridized carbons (Fsp3) is 0.0385. The van der Waals surface area contributed by atoms with Gasteiger partial charge in [0.25, 0.3) is 10.0 Å². The topological polar surface area (TPSA) is 99.0 Å². The molecule has 2 heterocycles. The summed E-state index contributed by atoms with van der Waals surface area (Å²) in [6, 6.07) is 26.6. The van der Waals surface area contributed by atoms with Gasteiger partial charge in [-0.3, -0.25) is 4.72 Å². The Labute approximate surface area is 202 Å². The summed E-state index contributed by atoms with van der Waals surface area (Å²) in [4.78, 5) is 8.84. The summed E-state index contributed by atoms with van der Waals surface area (Å²) in [7, 11) is -3.74. The van der Waals surface area contributed by atoms with Crippen LogP contribution in [0.2, 0.25) is 0 Å². The van der Waals surface area contributed by atoms with Crippen LogP contribution < -0.4 is 9.46 Å². The van der Waals surface area contributed by atoms with Gasteiger partial charge in [0, 0.05) is 24.1 Å². The average molecular weight is 484 g/mol. The molecule has 0 saturated carbocycles. The molecule has 0 atom stereocenters. The monoisotopic (exact) mass is 483 g/mol. The van der Waals surface area contributed by atoms with Crippen LogP contribution in [0.25, 0.3) is 16.9 Å². The summed E-state index contributed by atoms with van der Waals surface area (Å²) in [5.74, 6) is 1.98. The zero-order valence-electron chi connectivity index (χ0n) is 18.7. The summed E-state index contributed by atoms with van der Waals surface area (Å²) in [5.41, 5.74) is 2.39. The number of hydrogen-bond acceptors (Lipinski definition) is 6. The molecule has 0 saturated heterocycles. The van der Waals surface area contributed by atoms with Crippen LogP contribution in [-0.2, 0) is 10.0 Å². The van der Waals surface area contributed by atoms with Crippen molar-refractivity contribution in [2.24, 2.45) is 0 Å². The molecule has 0 amide bonds. The zero-order chi connectivity index (χ0) is 24.3. The molecule has 0 unspecified atom stereocenters. The van der Waals surface area contributed by atoms with E-state index >= 15 is 0 Å². The fourth-order valence-corrected chi connectivity index (χ4v) is 4.54. The number of sulfonamides is 1.